The van der Waals surface area contributed by atoms with Crippen molar-refractivity contribution in [3.63, 3.8) is 0 Å². The van der Waals surface area contributed by atoms with Gasteiger partial charge in [-0.3, -0.25) is 9.59 Å². The molecule has 0 heterocycles. The van der Waals surface area contributed by atoms with Crippen LogP contribution in [0.4, 0.5) is 0 Å². The van der Waals surface area contributed by atoms with E-state index in [1.165, 1.54) is 89.9 Å². The van der Waals surface area contributed by atoms with Gasteiger partial charge in [0, 0.05) is 6.42 Å². The molecule has 0 rings (SSSR count). The van der Waals surface area contributed by atoms with Gasteiger partial charge in [0.15, 0.2) is 0 Å². The molecule has 0 aliphatic heterocycles. The molecule has 0 aliphatic carbocycles. The first-order valence-electron chi connectivity index (χ1n) is 21.1. The van der Waals surface area contributed by atoms with Gasteiger partial charge in [0.1, 0.15) is 6.10 Å². The average molecular weight is 692 g/mol. The summed E-state index contributed by atoms with van der Waals surface area (Å²) in [6, 6.07) is -0.700. The van der Waals surface area contributed by atoms with Crippen molar-refractivity contribution < 1.29 is 24.5 Å². The van der Waals surface area contributed by atoms with Crippen LogP contribution in [-0.2, 0) is 14.3 Å². The zero-order chi connectivity index (χ0) is 36.0. The monoisotopic (exact) mass is 692 g/mol. The number of aliphatic hydroxyl groups excluding tert-OH is 2. The molecule has 0 radical (unpaired) electrons. The van der Waals surface area contributed by atoms with Crippen LogP contribution in [0.25, 0.3) is 0 Å². The molecule has 6 nitrogen and oxygen atoms in total. The van der Waals surface area contributed by atoms with Crippen LogP contribution in [0.15, 0.2) is 24.3 Å². The predicted molar refractivity (Wildman–Crippen MR) is 209 cm³/mol. The van der Waals surface area contributed by atoms with Crippen LogP contribution in [-0.4, -0.2) is 46.9 Å². The fraction of sp³-hybridized carbons (Fsp3) is 0.860. The van der Waals surface area contributed by atoms with Crippen molar-refractivity contribution in [2.75, 3.05) is 6.61 Å². The molecule has 3 atom stereocenters. The summed E-state index contributed by atoms with van der Waals surface area (Å²) in [6.45, 7) is 6.37. The highest BCUT2D eigenvalue weighted by atomic mass is 16.5. The Balaban J connectivity index is 4.59. The number of esters is 1. The third-order valence-corrected chi connectivity index (χ3v) is 9.50. The maximum atomic E-state index is 13.0. The molecule has 49 heavy (non-hydrogen) atoms. The van der Waals surface area contributed by atoms with E-state index in [0.717, 1.165) is 77.0 Å². The van der Waals surface area contributed by atoms with Gasteiger partial charge >= 0.3 is 5.97 Å². The second-order valence-electron chi connectivity index (χ2n) is 14.4. The minimum absolute atomic E-state index is 0.0654. The van der Waals surface area contributed by atoms with Crippen molar-refractivity contribution in [2.24, 2.45) is 0 Å². The van der Waals surface area contributed by atoms with Crippen LogP contribution < -0.4 is 5.32 Å². The van der Waals surface area contributed by atoms with Crippen molar-refractivity contribution in [3.8, 4) is 0 Å². The topological polar surface area (TPSA) is 95.9 Å². The molecule has 6 heteroatoms. The summed E-state index contributed by atoms with van der Waals surface area (Å²) in [5, 5.41) is 23.5. The van der Waals surface area contributed by atoms with Gasteiger partial charge in [-0.05, 0) is 70.6 Å². The predicted octanol–water partition coefficient (Wildman–Crippen LogP) is 11.6. The smallest absolute Gasteiger partial charge is 0.306 e. The fourth-order valence-electron chi connectivity index (χ4n) is 6.23. The molecule has 0 aromatic rings. The van der Waals surface area contributed by atoms with Crippen molar-refractivity contribution in [3.05, 3.63) is 24.3 Å². The molecule has 0 aromatic carbocycles. The van der Waals surface area contributed by atoms with Crippen LogP contribution in [0.3, 0.4) is 0 Å². The molecular formula is C43H81NO5. The second kappa shape index (κ2) is 37.6. The molecule has 288 valence electrons. The van der Waals surface area contributed by atoms with Gasteiger partial charge in [-0.25, -0.2) is 0 Å². The fourth-order valence-corrected chi connectivity index (χ4v) is 6.23. The maximum absolute atomic E-state index is 13.0. The molecule has 0 bridgehead atoms. The van der Waals surface area contributed by atoms with E-state index in [1.807, 2.05) is 0 Å². The van der Waals surface area contributed by atoms with Gasteiger partial charge in [-0.2, -0.15) is 0 Å². The number of rotatable bonds is 37. The summed E-state index contributed by atoms with van der Waals surface area (Å²) in [5.41, 5.74) is 0. The summed E-state index contributed by atoms with van der Waals surface area (Å²) in [6.07, 6.45) is 39.5. The van der Waals surface area contributed by atoms with E-state index in [9.17, 15) is 19.8 Å². The number of aliphatic hydroxyl groups is 2. The Labute approximate surface area is 303 Å². The molecular weight excluding hydrogens is 610 g/mol. The number of carbonyl (C=O) groups excluding carboxylic acids is 2. The zero-order valence-electron chi connectivity index (χ0n) is 32.6. The number of unbranched alkanes of at least 4 members (excludes halogenated alkanes) is 21. The highest BCUT2D eigenvalue weighted by Crippen LogP contribution is 2.17. The average Bonchev–Trinajstić information content (AvgIpc) is 3.09. The Bertz CT molecular complexity index is 782. The van der Waals surface area contributed by atoms with Crippen LogP contribution in [0.5, 0.6) is 0 Å². The highest BCUT2D eigenvalue weighted by Gasteiger charge is 2.24. The Morgan fingerprint density at radius 1 is 0.571 bits per heavy atom. The van der Waals surface area contributed by atoms with Crippen LogP contribution in [0.2, 0.25) is 0 Å². The molecule has 3 unspecified atom stereocenters. The minimum Gasteiger partial charge on any atom is -0.462 e. The van der Waals surface area contributed by atoms with Crippen LogP contribution in [0.1, 0.15) is 213 Å². The van der Waals surface area contributed by atoms with Crippen molar-refractivity contribution in [1.29, 1.82) is 0 Å². The van der Waals surface area contributed by atoms with Crippen LogP contribution in [0, 0.1) is 0 Å². The number of hydrogen-bond acceptors (Lipinski definition) is 5. The lowest BCUT2D eigenvalue weighted by molar-refractivity contribution is -0.151. The minimum atomic E-state index is -0.785. The van der Waals surface area contributed by atoms with E-state index in [1.54, 1.807) is 0 Å². The molecule has 0 aromatic heterocycles. The van der Waals surface area contributed by atoms with E-state index in [-0.39, 0.29) is 24.9 Å². The lowest BCUT2D eigenvalue weighted by atomic mass is 10.0. The highest BCUT2D eigenvalue weighted by molar-refractivity contribution is 5.77. The van der Waals surface area contributed by atoms with Gasteiger partial charge < -0.3 is 20.3 Å². The second-order valence-corrected chi connectivity index (χ2v) is 14.4. The normalized spacial score (nSPS) is 13.7. The summed E-state index contributed by atoms with van der Waals surface area (Å²) in [4.78, 5) is 25.8. The van der Waals surface area contributed by atoms with Gasteiger partial charge in [0.05, 0.1) is 25.2 Å². The molecule has 0 saturated carbocycles. The summed E-state index contributed by atoms with van der Waals surface area (Å²) < 4.78 is 5.85. The Morgan fingerprint density at radius 2 is 1.00 bits per heavy atom. The van der Waals surface area contributed by atoms with Gasteiger partial charge in [0.25, 0.3) is 0 Å². The summed E-state index contributed by atoms with van der Waals surface area (Å²) >= 11 is 0. The molecule has 1 amide bonds. The summed E-state index contributed by atoms with van der Waals surface area (Å²) in [7, 11) is 0. The molecule has 3 N–H and O–H groups in total. The van der Waals surface area contributed by atoms with Gasteiger partial charge in [-0.15, -0.1) is 0 Å². The first-order valence-corrected chi connectivity index (χ1v) is 21.1. The lowest BCUT2D eigenvalue weighted by Crippen LogP contribution is -2.46. The molecule has 0 saturated heterocycles. The van der Waals surface area contributed by atoms with Crippen molar-refractivity contribution in [1.82, 2.24) is 5.32 Å². The number of ether oxygens (including phenoxy) is 1. The first kappa shape index (κ1) is 47.3. The zero-order valence-corrected chi connectivity index (χ0v) is 32.6. The van der Waals surface area contributed by atoms with Crippen LogP contribution >= 0.6 is 0 Å². The molecule has 0 fully saturated rings. The number of hydrogen-bond donors (Lipinski definition) is 3. The van der Waals surface area contributed by atoms with Gasteiger partial charge in [0.2, 0.25) is 5.91 Å². The third-order valence-electron chi connectivity index (χ3n) is 9.50. The number of amides is 1. The molecule has 0 aliphatic rings. The lowest BCUT2D eigenvalue weighted by Gasteiger charge is -2.24. The maximum Gasteiger partial charge on any atom is 0.306 e. The van der Waals surface area contributed by atoms with E-state index >= 15 is 0 Å². The SMILES string of the molecule is CCCC/C=C\CCCCCC(CC(=O)NC(CO)C(O)CCCCCCCCCCC)OC(=O)CCCCCCC/C=C\CCCCC. The standard InChI is InChI=1S/C43H81NO5/c1-4-7-10-13-16-19-20-21-24-27-30-33-36-43(48)49-39(34-31-28-25-22-17-14-11-8-5-2)37-42(47)44-40(38-45)41(46)35-32-29-26-23-18-15-12-9-6-3/h14,16-17,19,39-41,45-46H,4-13,15,18,20-38H2,1-3H3,(H,44,47)/b17-14-,19-16-. The Kier molecular flexibility index (Phi) is 36.3. The van der Waals surface area contributed by atoms with E-state index in [2.05, 4.69) is 50.4 Å². The van der Waals surface area contributed by atoms with E-state index in [4.69, 9.17) is 4.74 Å². The molecule has 0 spiro atoms. The van der Waals surface area contributed by atoms with Crippen molar-refractivity contribution >= 4 is 11.9 Å². The van der Waals surface area contributed by atoms with Gasteiger partial charge in [-0.1, -0.05) is 154 Å². The summed E-state index contributed by atoms with van der Waals surface area (Å²) in [5.74, 6) is -0.503. The number of nitrogens with one attached hydrogen (secondary N) is 1. The Morgan fingerprint density at radius 3 is 1.57 bits per heavy atom. The largest absolute Gasteiger partial charge is 0.462 e. The third kappa shape index (κ3) is 33.3. The van der Waals surface area contributed by atoms with E-state index in [0.29, 0.717) is 19.3 Å². The number of allylic oxidation sites excluding steroid dienone is 4. The van der Waals surface area contributed by atoms with E-state index < -0.39 is 18.2 Å². The number of carbonyl (C=O) groups is 2. The van der Waals surface area contributed by atoms with Crippen molar-refractivity contribution in [2.45, 2.75) is 232 Å². The quantitative estimate of drug-likeness (QED) is 0.0342. The first-order chi connectivity index (χ1) is 24.0. The Hall–Kier alpha value is -1.66.